The minimum Gasteiger partial charge on any atom is -0.395 e. The molecule has 2 amide bonds. The van der Waals surface area contributed by atoms with E-state index in [2.05, 4.69) is 5.32 Å². The predicted octanol–water partition coefficient (Wildman–Crippen LogP) is 0.534. The number of hydrogen-bond acceptors (Lipinski definition) is 3. The van der Waals surface area contributed by atoms with Gasteiger partial charge in [0.2, 0.25) is 11.8 Å². The van der Waals surface area contributed by atoms with Crippen LogP contribution in [0, 0.1) is 0 Å². The van der Waals surface area contributed by atoms with Gasteiger partial charge >= 0.3 is 0 Å². The Morgan fingerprint density at radius 2 is 1.95 bits per heavy atom. The normalized spacial score (nSPS) is 10.0. The molecule has 0 unspecified atom stereocenters. The average Bonchev–Trinajstić information content (AvgIpc) is 2.39. The van der Waals surface area contributed by atoms with E-state index in [0.717, 1.165) is 5.56 Å². The number of benzene rings is 1. The molecule has 1 aromatic carbocycles. The van der Waals surface area contributed by atoms with Gasteiger partial charge in [-0.25, -0.2) is 0 Å². The summed E-state index contributed by atoms with van der Waals surface area (Å²) in [7, 11) is 0. The van der Waals surface area contributed by atoms with Gasteiger partial charge in [-0.05, 0) is 5.56 Å². The number of rotatable bonds is 7. The predicted molar refractivity (Wildman–Crippen MR) is 72.2 cm³/mol. The summed E-state index contributed by atoms with van der Waals surface area (Å²) in [6.07, 6.45) is 0.242. The molecule has 0 heterocycles. The number of nitrogens with one attached hydrogen (secondary N) is 1. The van der Waals surface area contributed by atoms with E-state index in [4.69, 9.17) is 5.11 Å². The highest BCUT2D eigenvalue weighted by Gasteiger charge is 2.13. The number of nitrogens with zero attached hydrogens (tertiary/aromatic N) is 1. The molecule has 5 nitrogen and oxygen atoms in total. The lowest BCUT2D eigenvalue weighted by molar-refractivity contribution is -0.132. The minimum atomic E-state index is -0.149. The van der Waals surface area contributed by atoms with Crippen LogP contribution < -0.4 is 5.32 Å². The van der Waals surface area contributed by atoms with Crippen LogP contribution in [0.25, 0.3) is 0 Å². The smallest absolute Gasteiger partial charge is 0.224 e. The van der Waals surface area contributed by atoms with Crippen molar-refractivity contribution in [2.24, 2.45) is 0 Å². The Labute approximate surface area is 113 Å². The molecule has 0 saturated heterocycles. The Kier molecular flexibility index (Phi) is 6.60. The Morgan fingerprint density at radius 3 is 2.53 bits per heavy atom. The Morgan fingerprint density at radius 1 is 1.26 bits per heavy atom. The first-order chi connectivity index (χ1) is 9.13. The Hall–Kier alpha value is -1.88. The van der Waals surface area contributed by atoms with Gasteiger partial charge in [0.1, 0.15) is 0 Å². The van der Waals surface area contributed by atoms with Crippen molar-refractivity contribution in [2.45, 2.75) is 19.9 Å². The molecule has 0 atom stereocenters. The van der Waals surface area contributed by atoms with Crippen molar-refractivity contribution in [2.75, 3.05) is 19.7 Å². The molecule has 0 saturated carbocycles. The summed E-state index contributed by atoms with van der Waals surface area (Å²) in [4.78, 5) is 24.3. The van der Waals surface area contributed by atoms with E-state index < -0.39 is 0 Å². The van der Waals surface area contributed by atoms with Crippen molar-refractivity contribution >= 4 is 11.8 Å². The van der Waals surface area contributed by atoms with Gasteiger partial charge in [0.15, 0.2) is 0 Å². The number of aliphatic hydroxyl groups excluding tert-OH is 1. The van der Waals surface area contributed by atoms with E-state index in [1.807, 2.05) is 30.3 Å². The molecule has 0 radical (unpaired) electrons. The van der Waals surface area contributed by atoms with Gasteiger partial charge < -0.3 is 15.3 Å². The zero-order valence-corrected chi connectivity index (χ0v) is 11.1. The topological polar surface area (TPSA) is 69.6 Å². The van der Waals surface area contributed by atoms with Crippen LogP contribution in [0.5, 0.6) is 0 Å². The molecule has 1 rings (SSSR count). The lowest BCUT2D eigenvalue weighted by Crippen LogP contribution is -2.35. The largest absolute Gasteiger partial charge is 0.395 e. The molecule has 0 fully saturated rings. The third-order valence-electron chi connectivity index (χ3n) is 2.65. The summed E-state index contributed by atoms with van der Waals surface area (Å²) in [5, 5.41) is 11.6. The summed E-state index contributed by atoms with van der Waals surface area (Å²) >= 11 is 0. The van der Waals surface area contributed by atoms with Crippen LogP contribution in [-0.4, -0.2) is 41.5 Å². The van der Waals surface area contributed by atoms with E-state index in [9.17, 15) is 9.59 Å². The second kappa shape index (κ2) is 8.26. The second-order valence-corrected chi connectivity index (χ2v) is 4.26. The van der Waals surface area contributed by atoms with Gasteiger partial charge in [0, 0.05) is 33.0 Å². The molecule has 5 heteroatoms. The molecular weight excluding hydrogens is 244 g/mol. The van der Waals surface area contributed by atoms with Crippen LogP contribution in [0.15, 0.2) is 30.3 Å². The third-order valence-corrected chi connectivity index (χ3v) is 2.65. The van der Waals surface area contributed by atoms with E-state index in [-0.39, 0.29) is 24.8 Å². The molecule has 0 aliphatic carbocycles. The SMILES string of the molecule is CC(=O)NCCC(=O)N(CCO)Cc1ccccc1. The number of carbonyl (C=O) groups is 2. The average molecular weight is 264 g/mol. The molecule has 19 heavy (non-hydrogen) atoms. The molecule has 0 aliphatic heterocycles. The molecule has 2 N–H and O–H groups in total. The van der Waals surface area contributed by atoms with Gasteiger partial charge in [-0.3, -0.25) is 9.59 Å². The summed E-state index contributed by atoms with van der Waals surface area (Å²) < 4.78 is 0. The summed E-state index contributed by atoms with van der Waals surface area (Å²) in [6, 6.07) is 9.61. The van der Waals surface area contributed by atoms with Gasteiger partial charge in [-0.1, -0.05) is 30.3 Å². The maximum absolute atomic E-state index is 12.0. The lowest BCUT2D eigenvalue weighted by atomic mass is 10.2. The van der Waals surface area contributed by atoms with E-state index in [0.29, 0.717) is 19.6 Å². The van der Waals surface area contributed by atoms with Crippen LogP contribution in [0.1, 0.15) is 18.9 Å². The highest BCUT2D eigenvalue weighted by molar-refractivity contribution is 5.78. The van der Waals surface area contributed by atoms with Gasteiger partial charge in [0.05, 0.1) is 6.61 Å². The number of hydrogen-bond donors (Lipinski definition) is 2. The van der Waals surface area contributed by atoms with E-state index in [1.165, 1.54) is 6.92 Å². The first-order valence-electron chi connectivity index (χ1n) is 6.30. The van der Waals surface area contributed by atoms with Gasteiger partial charge in [-0.15, -0.1) is 0 Å². The van der Waals surface area contributed by atoms with E-state index in [1.54, 1.807) is 4.90 Å². The highest BCUT2D eigenvalue weighted by Crippen LogP contribution is 2.05. The maximum Gasteiger partial charge on any atom is 0.224 e. The van der Waals surface area contributed by atoms with Crippen LogP contribution in [0.4, 0.5) is 0 Å². The van der Waals surface area contributed by atoms with Gasteiger partial charge in [-0.2, -0.15) is 0 Å². The molecule has 104 valence electrons. The van der Waals surface area contributed by atoms with Crippen LogP contribution in [0.3, 0.4) is 0 Å². The van der Waals surface area contributed by atoms with Crippen molar-refractivity contribution in [1.29, 1.82) is 0 Å². The fourth-order valence-corrected chi connectivity index (χ4v) is 1.72. The van der Waals surface area contributed by atoms with Crippen molar-refractivity contribution in [3.63, 3.8) is 0 Å². The summed E-state index contributed by atoms with van der Waals surface area (Å²) in [6.45, 7) is 2.44. The Bertz CT molecular complexity index is 406. The standard InChI is InChI=1S/C14H20N2O3/c1-12(18)15-8-7-14(19)16(9-10-17)11-13-5-3-2-4-6-13/h2-6,17H,7-11H2,1H3,(H,15,18). The minimum absolute atomic E-state index is 0.0707. The molecule has 1 aromatic rings. The maximum atomic E-state index is 12.0. The first-order valence-corrected chi connectivity index (χ1v) is 6.30. The lowest BCUT2D eigenvalue weighted by Gasteiger charge is -2.22. The highest BCUT2D eigenvalue weighted by atomic mass is 16.3. The molecule has 0 aromatic heterocycles. The van der Waals surface area contributed by atoms with Crippen LogP contribution in [-0.2, 0) is 16.1 Å². The quantitative estimate of drug-likeness (QED) is 0.755. The molecule has 0 aliphatic rings. The monoisotopic (exact) mass is 264 g/mol. The third kappa shape index (κ3) is 6.01. The van der Waals surface area contributed by atoms with Crippen LogP contribution in [0.2, 0.25) is 0 Å². The Balaban J connectivity index is 2.51. The van der Waals surface area contributed by atoms with Gasteiger partial charge in [0.25, 0.3) is 0 Å². The molecule has 0 bridgehead atoms. The second-order valence-electron chi connectivity index (χ2n) is 4.26. The molecular formula is C14H20N2O3. The summed E-state index contributed by atoms with van der Waals surface area (Å²) in [5.74, 6) is -0.226. The van der Waals surface area contributed by atoms with Crippen molar-refractivity contribution in [3.05, 3.63) is 35.9 Å². The van der Waals surface area contributed by atoms with Crippen LogP contribution >= 0.6 is 0 Å². The fourth-order valence-electron chi connectivity index (χ4n) is 1.72. The zero-order valence-electron chi connectivity index (χ0n) is 11.1. The molecule has 0 spiro atoms. The van der Waals surface area contributed by atoms with Crippen molar-refractivity contribution < 1.29 is 14.7 Å². The zero-order chi connectivity index (χ0) is 14.1. The van der Waals surface area contributed by atoms with E-state index >= 15 is 0 Å². The number of carbonyl (C=O) groups excluding carboxylic acids is 2. The first kappa shape index (κ1) is 15.2. The van der Waals surface area contributed by atoms with Crippen molar-refractivity contribution in [1.82, 2.24) is 10.2 Å². The number of amides is 2. The summed E-state index contributed by atoms with van der Waals surface area (Å²) in [5.41, 5.74) is 1.02. The van der Waals surface area contributed by atoms with Crippen molar-refractivity contribution in [3.8, 4) is 0 Å². The fraction of sp³-hybridized carbons (Fsp3) is 0.429. The number of aliphatic hydroxyl groups is 1.